The summed E-state index contributed by atoms with van der Waals surface area (Å²) in [5, 5.41) is 3.86. The maximum absolute atomic E-state index is 11.9. The molecular weight excluding hydrogens is 280 g/mol. The van der Waals surface area contributed by atoms with Crippen LogP contribution >= 0.6 is 11.6 Å². The molecule has 0 aliphatic carbocycles. The number of benzene rings is 1. The molecule has 1 atom stereocenters. The van der Waals surface area contributed by atoms with Crippen LogP contribution in [0.1, 0.15) is 11.7 Å². The van der Waals surface area contributed by atoms with E-state index in [0.29, 0.717) is 37.9 Å². The van der Waals surface area contributed by atoms with Crippen molar-refractivity contribution in [1.82, 2.24) is 10.2 Å². The molecule has 1 amide bonds. The fourth-order valence-corrected chi connectivity index (χ4v) is 2.37. The van der Waals surface area contributed by atoms with Gasteiger partial charge in [-0.25, -0.2) is 0 Å². The van der Waals surface area contributed by atoms with Crippen LogP contribution < -0.4 is 5.32 Å². The third-order valence-electron chi connectivity index (χ3n) is 3.15. The van der Waals surface area contributed by atoms with Gasteiger partial charge in [0.1, 0.15) is 6.17 Å². The molecule has 1 fully saturated rings. The molecule has 1 aromatic rings. The van der Waals surface area contributed by atoms with Crippen molar-refractivity contribution in [3.05, 3.63) is 34.9 Å². The Morgan fingerprint density at radius 3 is 3.00 bits per heavy atom. The molecule has 1 aromatic carbocycles. The fourth-order valence-electron chi connectivity index (χ4n) is 2.18. The first-order valence-electron chi connectivity index (χ1n) is 6.57. The number of hydrogen-bond acceptors (Lipinski definition) is 4. The van der Waals surface area contributed by atoms with E-state index in [2.05, 4.69) is 5.32 Å². The van der Waals surface area contributed by atoms with E-state index in [1.165, 1.54) is 0 Å². The lowest BCUT2D eigenvalue weighted by molar-refractivity contribution is -0.128. The van der Waals surface area contributed by atoms with E-state index in [9.17, 15) is 4.79 Å². The van der Waals surface area contributed by atoms with Crippen LogP contribution in [0.3, 0.4) is 0 Å². The second-order valence-corrected chi connectivity index (χ2v) is 4.97. The maximum atomic E-state index is 11.9. The quantitative estimate of drug-likeness (QED) is 0.774. The molecule has 2 rings (SSSR count). The average Bonchev–Trinajstić information content (AvgIpc) is 2.80. The Kier molecular flexibility index (Phi) is 5.79. The fraction of sp³-hybridized carbons (Fsp3) is 0.500. The molecular formula is C14H19ClN2O3. The monoisotopic (exact) mass is 298 g/mol. The van der Waals surface area contributed by atoms with Gasteiger partial charge in [-0.2, -0.15) is 0 Å². The predicted octanol–water partition coefficient (Wildman–Crippen LogP) is 1.43. The van der Waals surface area contributed by atoms with Crippen LogP contribution in [-0.2, 0) is 14.3 Å². The summed E-state index contributed by atoms with van der Waals surface area (Å²) in [5.41, 5.74) is 0.986. The average molecular weight is 299 g/mol. The van der Waals surface area contributed by atoms with E-state index in [1.807, 2.05) is 24.3 Å². The van der Waals surface area contributed by atoms with E-state index < -0.39 is 0 Å². The van der Waals surface area contributed by atoms with Crippen molar-refractivity contribution in [1.29, 1.82) is 0 Å². The molecule has 20 heavy (non-hydrogen) atoms. The highest BCUT2D eigenvalue weighted by atomic mass is 35.5. The van der Waals surface area contributed by atoms with Crippen molar-refractivity contribution < 1.29 is 14.3 Å². The van der Waals surface area contributed by atoms with E-state index in [0.717, 1.165) is 5.56 Å². The minimum absolute atomic E-state index is 0.0744. The van der Waals surface area contributed by atoms with Crippen molar-refractivity contribution >= 4 is 17.5 Å². The Morgan fingerprint density at radius 2 is 2.25 bits per heavy atom. The summed E-state index contributed by atoms with van der Waals surface area (Å²) >= 11 is 6.00. The number of rotatable bonds is 7. The van der Waals surface area contributed by atoms with Crippen LogP contribution in [-0.4, -0.2) is 50.8 Å². The van der Waals surface area contributed by atoms with Crippen molar-refractivity contribution in [3.63, 3.8) is 0 Å². The van der Waals surface area contributed by atoms with Gasteiger partial charge in [0.25, 0.3) is 0 Å². The van der Waals surface area contributed by atoms with Gasteiger partial charge >= 0.3 is 0 Å². The number of amides is 1. The molecule has 5 nitrogen and oxygen atoms in total. The molecule has 0 saturated carbocycles. The van der Waals surface area contributed by atoms with Crippen LogP contribution in [0.4, 0.5) is 0 Å². The van der Waals surface area contributed by atoms with Crippen LogP contribution in [0.25, 0.3) is 0 Å². The number of nitrogens with zero attached hydrogens (tertiary/aromatic N) is 1. The summed E-state index contributed by atoms with van der Waals surface area (Å²) in [6.45, 7) is 2.48. The van der Waals surface area contributed by atoms with E-state index in [1.54, 1.807) is 12.0 Å². The van der Waals surface area contributed by atoms with Crippen LogP contribution in [0.5, 0.6) is 0 Å². The third kappa shape index (κ3) is 3.93. The largest absolute Gasteiger partial charge is 0.382 e. The Hall–Kier alpha value is -1.14. The van der Waals surface area contributed by atoms with Crippen molar-refractivity contribution in [2.24, 2.45) is 0 Å². The van der Waals surface area contributed by atoms with Crippen LogP contribution in [0.15, 0.2) is 24.3 Å². The van der Waals surface area contributed by atoms with Crippen LogP contribution in [0.2, 0.25) is 5.02 Å². The maximum Gasteiger partial charge on any atom is 0.238 e. The van der Waals surface area contributed by atoms with Gasteiger partial charge < -0.3 is 14.4 Å². The molecule has 1 N–H and O–H groups in total. The second kappa shape index (κ2) is 7.59. The molecule has 0 radical (unpaired) electrons. The van der Waals surface area contributed by atoms with Gasteiger partial charge in [-0.05, 0) is 17.7 Å². The minimum Gasteiger partial charge on any atom is -0.382 e. The SMILES string of the molecule is COCCOCCN1C(=O)CNC1c1cccc(Cl)c1. The molecule has 1 heterocycles. The molecule has 110 valence electrons. The molecule has 1 unspecified atom stereocenters. The van der Waals surface area contributed by atoms with Gasteiger partial charge in [-0.3, -0.25) is 10.1 Å². The van der Waals surface area contributed by atoms with Crippen molar-refractivity contribution in [3.8, 4) is 0 Å². The van der Waals surface area contributed by atoms with Gasteiger partial charge in [0.05, 0.1) is 26.4 Å². The van der Waals surface area contributed by atoms with Gasteiger partial charge in [-0.15, -0.1) is 0 Å². The smallest absolute Gasteiger partial charge is 0.238 e. The first kappa shape index (κ1) is 15.3. The third-order valence-corrected chi connectivity index (χ3v) is 3.39. The first-order chi connectivity index (χ1) is 9.72. The van der Waals surface area contributed by atoms with Gasteiger partial charge in [0.15, 0.2) is 0 Å². The number of halogens is 1. The number of carbonyl (C=O) groups excluding carboxylic acids is 1. The molecule has 1 saturated heterocycles. The Balaban J connectivity index is 1.93. The molecule has 0 bridgehead atoms. The van der Waals surface area contributed by atoms with Gasteiger partial charge in [0, 0.05) is 18.7 Å². The van der Waals surface area contributed by atoms with Crippen LogP contribution in [0, 0.1) is 0 Å². The molecule has 0 spiro atoms. The zero-order valence-electron chi connectivity index (χ0n) is 11.5. The summed E-state index contributed by atoms with van der Waals surface area (Å²) in [6.07, 6.45) is -0.132. The first-order valence-corrected chi connectivity index (χ1v) is 6.95. The molecule has 6 heteroatoms. The van der Waals surface area contributed by atoms with Crippen molar-refractivity contribution in [2.75, 3.05) is 40.0 Å². The highest BCUT2D eigenvalue weighted by Crippen LogP contribution is 2.24. The topological polar surface area (TPSA) is 50.8 Å². The molecule has 0 aromatic heterocycles. The van der Waals surface area contributed by atoms with Gasteiger partial charge in [0.2, 0.25) is 5.91 Å². The number of hydrogen-bond donors (Lipinski definition) is 1. The standard InChI is InChI=1S/C14H19ClN2O3/c1-19-7-8-20-6-5-17-13(18)10-16-14(17)11-3-2-4-12(15)9-11/h2-4,9,14,16H,5-8,10H2,1H3. The Bertz CT molecular complexity index is 456. The lowest BCUT2D eigenvalue weighted by Gasteiger charge is -2.24. The highest BCUT2D eigenvalue weighted by Gasteiger charge is 2.31. The second-order valence-electron chi connectivity index (χ2n) is 4.53. The number of ether oxygens (including phenoxy) is 2. The Labute approximate surface area is 123 Å². The summed E-state index contributed by atoms with van der Waals surface area (Å²) < 4.78 is 10.3. The highest BCUT2D eigenvalue weighted by molar-refractivity contribution is 6.30. The lowest BCUT2D eigenvalue weighted by atomic mass is 10.1. The summed E-state index contributed by atoms with van der Waals surface area (Å²) in [5.74, 6) is 0.0744. The molecule has 1 aliphatic rings. The molecule has 1 aliphatic heterocycles. The number of carbonyl (C=O) groups is 1. The van der Waals surface area contributed by atoms with E-state index >= 15 is 0 Å². The zero-order valence-corrected chi connectivity index (χ0v) is 12.2. The van der Waals surface area contributed by atoms with Crippen molar-refractivity contribution in [2.45, 2.75) is 6.17 Å². The van der Waals surface area contributed by atoms with E-state index in [4.69, 9.17) is 21.1 Å². The lowest BCUT2D eigenvalue weighted by Crippen LogP contribution is -2.33. The van der Waals surface area contributed by atoms with Gasteiger partial charge in [-0.1, -0.05) is 23.7 Å². The number of nitrogens with one attached hydrogen (secondary N) is 1. The summed E-state index contributed by atoms with van der Waals surface area (Å²) in [6, 6.07) is 7.53. The predicted molar refractivity (Wildman–Crippen MR) is 76.6 cm³/mol. The summed E-state index contributed by atoms with van der Waals surface area (Å²) in [7, 11) is 1.63. The Morgan fingerprint density at radius 1 is 1.40 bits per heavy atom. The minimum atomic E-state index is -0.132. The van der Waals surface area contributed by atoms with E-state index in [-0.39, 0.29) is 12.1 Å². The summed E-state index contributed by atoms with van der Waals surface area (Å²) in [4.78, 5) is 13.7. The number of methoxy groups -OCH3 is 1. The normalized spacial score (nSPS) is 18.8. The zero-order chi connectivity index (χ0) is 14.4.